The van der Waals surface area contributed by atoms with E-state index >= 15 is 0 Å². The molecular weight excluding hydrogens is 514 g/mol. The van der Waals surface area contributed by atoms with Crippen LogP contribution in [0.1, 0.15) is 44.1 Å². The first-order valence-electron chi connectivity index (χ1n) is 10.2. The summed E-state index contributed by atoms with van der Waals surface area (Å²) in [7, 11) is 0. The van der Waals surface area contributed by atoms with Gasteiger partial charge in [-0.25, -0.2) is 9.38 Å². The van der Waals surface area contributed by atoms with Gasteiger partial charge in [0.25, 0.3) is 0 Å². The van der Waals surface area contributed by atoms with Crippen LogP contribution in [0.15, 0.2) is 28.3 Å². The molecule has 1 aromatic heterocycles. The van der Waals surface area contributed by atoms with Gasteiger partial charge in [0, 0.05) is 26.1 Å². The molecule has 0 saturated heterocycles. The molecule has 0 aliphatic carbocycles. The second-order valence-electron chi connectivity index (χ2n) is 7.42. The molecule has 0 fully saturated rings. The van der Waals surface area contributed by atoms with Crippen LogP contribution in [-0.4, -0.2) is 40.1 Å². The third kappa shape index (κ3) is 8.41. The molecule has 1 heterocycles. The van der Waals surface area contributed by atoms with Crippen molar-refractivity contribution in [2.45, 2.75) is 58.8 Å². The van der Waals surface area contributed by atoms with Crippen LogP contribution < -0.4 is 10.6 Å². The molecule has 30 heavy (non-hydrogen) atoms. The zero-order valence-electron chi connectivity index (χ0n) is 18.5. The lowest BCUT2D eigenvalue weighted by Crippen LogP contribution is -2.37. The van der Waals surface area contributed by atoms with E-state index in [4.69, 9.17) is 0 Å². The van der Waals surface area contributed by atoms with E-state index in [1.54, 1.807) is 30.8 Å². The minimum atomic E-state index is -0.189. The van der Waals surface area contributed by atoms with Crippen molar-refractivity contribution in [3.8, 4) is 0 Å². The van der Waals surface area contributed by atoms with E-state index in [0.717, 1.165) is 55.0 Å². The van der Waals surface area contributed by atoms with Crippen LogP contribution >= 0.6 is 35.7 Å². The monoisotopic (exact) mass is 548 g/mol. The third-order valence-corrected chi connectivity index (χ3v) is 5.06. The topological polar surface area (TPSA) is 67.1 Å². The molecular formula is C21H34FIN6S. The summed E-state index contributed by atoms with van der Waals surface area (Å²) in [5, 5.41) is 16.2. The van der Waals surface area contributed by atoms with Gasteiger partial charge in [0.2, 0.25) is 0 Å². The number of halogens is 2. The summed E-state index contributed by atoms with van der Waals surface area (Å²) in [6.45, 7) is 11.1. The maximum absolute atomic E-state index is 13.7. The highest BCUT2D eigenvalue weighted by atomic mass is 127. The highest BCUT2D eigenvalue weighted by Crippen LogP contribution is 2.16. The van der Waals surface area contributed by atoms with Gasteiger partial charge >= 0.3 is 0 Å². The Balaban J connectivity index is 0.00000450. The molecule has 0 unspecified atom stereocenters. The predicted molar refractivity (Wildman–Crippen MR) is 134 cm³/mol. The fourth-order valence-electron chi connectivity index (χ4n) is 2.90. The zero-order valence-corrected chi connectivity index (χ0v) is 21.7. The fourth-order valence-corrected chi connectivity index (χ4v) is 3.43. The normalized spacial score (nSPS) is 11.5. The van der Waals surface area contributed by atoms with E-state index in [1.807, 2.05) is 19.2 Å². The van der Waals surface area contributed by atoms with E-state index in [9.17, 15) is 4.39 Å². The zero-order chi connectivity index (χ0) is 21.2. The van der Waals surface area contributed by atoms with Gasteiger partial charge in [0.15, 0.2) is 11.1 Å². The van der Waals surface area contributed by atoms with Crippen LogP contribution in [0.2, 0.25) is 0 Å². The number of aromatic nitrogens is 3. The molecule has 2 N–H and O–H groups in total. The smallest absolute Gasteiger partial charge is 0.191 e. The first-order chi connectivity index (χ1) is 13.9. The molecule has 0 saturated carbocycles. The molecule has 0 aliphatic heterocycles. The van der Waals surface area contributed by atoms with Gasteiger partial charge in [-0.3, -0.25) is 0 Å². The predicted octanol–water partition coefficient (Wildman–Crippen LogP) is 4.41. The van der Waals surface area contributed by atoms with Crippen molar-refractivity contribution in [2.75, 3.05) is 19.3 Å². The SMILES string of the molecule is CCNC(=NCc1ccc(C)c(F)c1)NCCCc1nnc(SC)n1CC(C)C.I. The second kappa shape index (κ2) is 13.8. The lowest BCUT2D eigenvalue weighted by atomic mass is 10.1. The molecule has 0 aliphatic rings. The average Bonchev–Trinajstić information content (AvgIpc) is 3.06. The van der Waals surface area contributed by atoms with Crippen LogP contribution in [0.25, 0.3) is 0 Å². The van der Waals surface area contributed by atoms with Crippen LogP contribution in [0, 0.1) is 18.7 Å². The Hall–Kier alpha value is -1.36. The summed E-state index contributed by atoms with van der Waals surface area (Å²) in [5.41, 5.74) is 1.51. The molecule has 0 amide bonds. The highest BCUT2D eigenvalue weighted by Gasteiger charge is 2.12. The Labute approximate surface area is 200 Å². The van der Waals surface area contributed by atoms with Crippen LogP contribution in [0.4, 0.5) is 4.39 Å². The number of rotatable bonds is 10. The number of hydrogen-bond donors (Lipinski definition) is 2. The Kier molecular flexibility index (Phi) is 12.3. The number of hydrogen-bond acceptors (Lipinski definition) is 4. The molecule has 2 aromatic rings. The summed E-state index contributed by atoms with van der Waals surface area (Å²) in [6.07, 6.45) is 3.81. The third-order valence-electron chi connectivity index (χ3n) is 4.39. The number of guanidine groups is 1. The molecule has 0 radical (unpaired) electrons. The molecule has 0 atom stereocenters. The second-order valence-corrected chi connectivity index (χ2v) is 8.19. The van der Waals surface area contributed by atoms with Crippen LogP contribution in [-0.2, 0) is 19.5 Å². The molecule has 0 spiro atoms. The van der Waals surface area contributed by atoms with Gasteiger partial charge in [-0.05, 0) is 49.6 Å². The summed E-state index contributed by atoms with van der Waals surface area (Å²) < 4.78 is 15.9. The Bertz CT molecular complexity index is 809. The molecule has 9 heteroatoms. The molecule has 168 valence electrons. The number of benzene rings is 1. The van der Waals surface area contributed by atoms with E-state index < -0.39 is 0 Å². The summed E-state index contributed by atoms with van der Waals surface area (Å²) in [4.78, 5) is 4.56. The minimum Gasteiger partial charge on any atom is -0.357 e. The number of aryl methyl sites for hydroxylation is 2. The largest absolute Gasteiger partial charge is 0.357 e. The van der Waals surface area contributed by atoms with Crippen LogP contribution in [0.5, 0.6) is 0 Å². The Morgan fingerprint density at radius 3 is 2.67 bits per heavy atom. The molecule has 2 rings (SSSR count). The van der Waals surface area contributed by atoms with Gasteiger partial charge in [0.05, 0.1) is 6.54 Å². The van der Waals surface area contributed by atoms with E-state index in [1.165, 1.54) is 0 Å². The van der Waals surface area contributed by atoms with Gasteiger partial charge in [0.1, 0.15) is 11.6 Å². The lowest BCUT2D eigenvalue weighted by molar-refractivity contribution is 0.477. The summed E-state index contributed by atoms with van der Waals surface area (Å²) in [6, 6.07) is 5.25. The molecule has 6 nitrogen and oxygen atoms in total. The maximum Gasteiger partial charge on any atom is 0.191 e. The van der Waals surface area contributed by atoms with E-state index in [2.05, 4.69) is 44.2 Å². The summed E-state index contributed by atoms with van der Waals surface area (Å²) >= 11 is 1.63. The van der Waals surface area contributed by atoms with E-state index in [-0.39, 0.29) is 29.8 Å². The number of nitrogens with one attached hydrogen (secondary N) is 2. The van der Waals surface area contributed by atoms with Gasteiger partial charge in [-0.15, -0.1) is 34.2 Å². The van der Waals surface area contributed by atoms with Crippen molar-refractivity contribution in [2.24, 2.45) is 10.9 Å². The van der Waals surface area contributed by atoms with Gasteiger partial charge in [-0.2, -0.15) is 0 Å². The van der Waals surface area contributed by atoms with Gasteiger partial charge < -0.3 is 15.2 Å². The fraction of sp³-hybridized carbons (Fsp3) is 0.571. The average molecular weight is 549 g/mol. The standard InChI is InChI=1S/C21H33FN6S.HI/c1-6-23-20(25-13-17-10-9-16(4)18(22)12-17)24-11-7-8-19-26-27-21(29-5)28(19)14-15(2)3;/h9-10,12,15H,6-8,11,13-14H2,1-5H3,(H2,23,24,25);1H. The first kappa shape index (κ1) is 26.7. The first-order valence-corrected chi connectivity index (χ1v) is 11.4. The van der Waals surface area contributed by atoms with Crippen molar-refractivity contribution in [1.29, 1.82) is 0 Å². The van der Waals surface area contributed by atoms with Gasteiger partial charge in [-0.1, -0.05) is 37.7 Å². The number of thioether (sulfide) groups is 1. The van der Waals surface area contributed by atoms with Crippen LogP contribution in [0.3, 0.4) is 0 Å². The quantitative estimate of drug-likeness (QED) is 0.151. The van der Waals surface area contributed by atoms with E-state index in [0.29, 0.717) is 18.0 Å². The Morgan fingerprint density at radius 2 is 2.03 bits per heavy atom. The number of aliphatic imine (C=N–C) groups is 1. The molecule has 0 bridgehead atoms. The van der Waals surface area contributed by atoms with Crippen molar-refractivity contribution < 1.29 is 4.39 Å². The van der Waals surface area contributed by atoms with Crippen molar-refractivity contribution in [3.05, 3.63) is 41.0 Å². The van der Waals surface area contributed by atoms with Crippen molar-refractivity contribution in [3.63, 3.8) is 0 Å². The number of nitrogens with zero attached hydrogens (tertiary/aromatic N) is 4. The van der Waals surface area contributed by atoms with Crippen molar-refractivity contribution in [1.82, 2.24) is 25.4 Å². The summed E-state index contributed by atoms with van der Waals surface area (Å²) in [5.74, 6) is 2.13. The lowest BCUT2D eigenvalue weighted by Gasteiger charge is -2.13. The highest BCUT2D eigenvalue weighted by molar-refractivity contribution is 14.0. The Morgan fingerprint density at radius 1 is 1.27 bits per heavy atom. The van der Waals surface area contributed by atoms with Crippen molar-refractivity contribution >= 4 is 41.7 Å². The minimum absolute atomic E-state index is 0. The maximum atomic E-state index is 13.7. The molecule has 1 aromatic carbocycles.